The van der Waals surface area contributed by atoms with Crippen LogP contribution in [0.2, 0.25) is 0 Å². The van der Waals surface area contributed by atoms with Crippen molar-refractivity contribution < 1.29 is 9.18 Å². The fourth-order valence-corrected chi connectivity index (χ4v) is 3.77. The molecule has 3 heterocycles. The summed E-state index contributed by atoms with van der Waals surface area (Å²) in [7, 11) is 0. The number of halogens is 2. The van der Waals surface area contributed by atoms with Gasteiger partial charge in [-0.3, -0.25) is 4.79 Å². The molecule has 1 aliphatic rings. The van der Waals surface area contributed by atoms with Crippen LogP contribution in [0.25, 0.3) is 22.4 Å². The number of carbonyl (C=O) groups excluding carboxylic acids is 1. The van der Waals surface area contributed by atoms with E-state index in [1.165, 1.54) is 12.3 Å². The predicted molar refractivity (Wildman–Crippen MR) is 110 cm³/mol. The minimum atomic E-state index is -0.546. The van der Waals surface area contributed by atoms with Gasteiger partial charge in [0.15, 0.2) is 0 Å². The molecule has 28 heavy (non-hydrogen) atoms. The van der Waals surface area contributed by atoms with Crippen LogP contribution < -0.4 is 11.1 Å². The van der Waals surface area contributed by atoms with Crippen molar-refractivity contribution in [2.75, 3.05) is 13.1 Å². The van der Waals surface area contributed by atoms with Crippen molar-refractivity contribution >= 4 is 18.3 Å². The Hall–Kier alpha value is -2.70. The third-order valence-corrected chi connectivity index (χ3v) is 4.96. The minimum absolute atomic E-state index is 0. The number of hydrogen-bond donors (Lipinski definition) is 2. The Balaban J connectivity index is 0.00000225. The Labute approximate surface area is 169 Å². The number of nitrogens with zero attached hydrogens (tertiary/aromatic N) is 2. The lowest BCUT2D eigenvalue weighted by Crippen LogP contribution is -2.39. The number of amides is 1. The van der Waals surface area contributed by atoms with E-state index in [1.54, 1.807) is 6.07 Å². The molecule has 1 amide bonds. The average Bonchev–Trinajstić information content (AvgIpc) is 3.06. The Kier molecular flexibility index (Phi) is 5.82. The molecule has 0 saturated heterocycles. The minimum Gasteiger partial charge on any atom is -0.349 e. The highest BCUT2D eigenvalue weighted by atomic mass is 35.5. The van der Waals surface area contributed by atoms with E-state index >= 15 is 0 Å². The van der Waals surface area contributed by atoms with Crippen molar-refractivity contribution in [1.82, 2.24) is 14.9 Å². The van der Waals surface area contributed by atoms with E-state index < -0.39 is 5.95 Å². The highest BCUT2D eigenvalue weighted by Crippen LogP contribution is 2.39. The molecule has 1 unspecified atom stereocenters. The third kappa shape index (κ3) is 3.53. The van der Waals surface area contributed by atoms with Gasteiger partial charge < -0.3 is 15.6 Å². The van der Waals surface area contributed by atoms with Gasteiger partial charge in [-0.2, -0.15) is 4.39 Å². The standard InChI is InChI=1S/C21H21FN4O.ClH/c1-13-3-2-4-15(9-13)20-17(14-6-8-24-19(22)10-14)11-18-21(27)25-12-16(5-7-23)26(18)20;/h2-4,6,8-11,16H,5,7,12,23H2,1H3,(H,25,27);1H. The van der Waals surface area contributed by atoms with Crippen LogP contribution in [0.1, 0.15) is 28.5 Å². The van der Waals surface area contributed by atoms with Gasteiger partial charge in [0, 0.05) is 24.4 Å². The summed E-state index contributed by atoms with van der Waals surface area (Å²) in [5.41, 5.74) is 10.9. The summed E-state index contributed by atoms with van der Waals surface area (Å²) in [6, 6.07) is 13.2. The number of benzene rings is 1. The average molecular weight is 401 g/mol. The van der Waals surface area contributed by atoms with Crippen LogP contribution in [0.15, 0.2) is 48.7 Å². The maximum Gasteiger partial charge on any atom is 0.268 e. The Morgan fingerprint density at radius 3 is 2.79 bits per heavy atom. The molecule has 7 heteroatoms. The molecular formula is C21H22ClFN4O. The molecule has 0 aliphatic carbocycles. The number of rotatable bonds is 4. The smallest absolute Gasteiger partial charge is 0.268 e. The Bertz CT molecular complexity index is 1020. The molecule has 0 spiro atoms. The molecular weight excluding hydrogens is 379 g/mol. The van der Waals surface area contributed by atoms with E-state index in [9.17, 15) is 9.18 Å². The van der Waals surface area contributed by atoms with E-state index in [1.807, 2.05) is 31.2 Å². The Morgan fingerprint density at radius 2 is 2.07 bits per heavy atom. The fraction of sp³-hybridized carbons (Fsp3) is 0.238. The highest BCUT2D eigenvalue weighted by Gasteiger charge is 2.30. The molecule has 2 aromatic heterocycles. The fourth-order valence-electron chi connectivity index (χ4n) is 3.77. The second kappa shape index (κ2) is 8.12. The van der Waals surface area contributed by atoms with E-state index in [-0.39, 0.29) is 24.4 Å². The van der Waals surface area contributed by atoms with Crippen molar-refractivity contribution in [2.45, 2.75) is 19.4 Å². The lowest BCUT2D eigenvalue weighted by Gasteiger charge is -2.28. The largest absolute Gasteiger partial charge is 0.349 e. The normalized spacial score (nSPS) is 15.5. The number of carbonyl (C=O) groups is 1. The van der Waals surface area contributed by atoms with Gasteiger partial charge in [0.05, 0.1) is 11.7 Å². The summed E-state index contributed by atoms with van der Waals surface area (Å²) >= 11 is 0. The van der Waals surface area contributed by atoms with Gasteiger partial charge in [0.2, 0.25) is 5.95 Å². The maximum absolute atomic E-state index is 13.8. The molecule has 3 N–H and O–H groups in total. The number of nitrogens with two attached hydrogens (primary N) is 1. The molecule has 146 valence electrons. The summed E-state index contributed by atoms with van der Waals surface area (Å²) in [5, 5.41) is 2.94. The lowest BCUT2D eigenvalue weighted by molar-refractivity contribution is 0.0914. The molecule has 1 aromatic carbocycles. The van der Waals surface area contributed by atoms with Gasteiger partial charge in [-0.05, 0) is 49.2 Å². The van der Waals surface area contributed by atoms with Crippen molar-refractivity contribution in [1.29, 1.82) is 0 Å². The number of aryl methyl sites for hydroxylation is 1. The molecule has 3 aromatic rings. The lowest BCUT2D eigenvalue weighted by atomic mass is 10.0. The van der Waals surface area contributed by atoms with Crippen molar-refractivity contribution in [2.24, 2.45) is 5.73 Å². The molecule has 0 fully saturated rings. The predicted octanol–water partition coefficient (Wildman–Crippen LogP) is 3.72. The van der Waals surface area contributed by atoms with E-state index in [0.29, 0.717) is 24.3 Å². The van der Waals surface area contributed by atoms with Crippen LogP contribution in [-0.4, -0.2) is 28.5 Å². The van der Waals surface area contributed by atoms with Gasteiger partial charge in [-0.25, -0.2) is 4.98 Å². The van der Waals surface area contributed by atoms with Gasteiger partial charge in [0.1, 0.15) is 5.69 Å². The summed E-state index contributed by atoms with van der Waals surface area (Å²) in [6.45, 7) is 3.07. The number of hydrogen-bond acceptors (Lipinski definition) is 3. The van der Waals surface area contributed by atoms with Crippen LogP contribution in [-0.2, 0) is 0 Å². The molecule has 1 atom stereocenters. The van der Waals surface area contributed by atoms with Crippen LogP contribution in [0.5, 0.6) is 0 Å². The topological polar surface area (TPSA) is 72.9 Å². The first kappa shape index (κ1) is 20.0. The SMILES string of the molecule is Cc1cccc(-c2c(-c3ccnc(F)c3)cc3n2C(CCN)CNC3=O)c1.Cl. The summed E-state index contributed by atoms with van der Waals surface area (Å²) in [6.07, 6.45) is 2.18. The summed E-state index contributed by atoms with van der Waals surface area (Å²) < 4.78 is 15.9. The Morgan fingerprint density at radius 1 is 1.25 bits per heavy atom. The second-order valence-electron chi connectivity index (χ2n) is 6.84. The van der Waals surface area contributed by atoms with Crippen LogP contribution in [0.3, 0.4) is 0 Å². The second-order valence-corrected chi connectivity index (χ2v) is 6.84. The van der Waals surface area contributed by atoms with E-state index in [0.717, 1.165) is 28.8 Å². The van der Waals surface area contributed by atoms with Crippen molar-refractivity contribution in [3.63, 3.8) is 0 Å². The number of aromatic nitrogens is 2. The van der Waals surface area contributed by atoms with Gasteiger partial charge >= 0.3 is 0 Å². The maximum atomic E-state index is 13.8. The van der Waals surface area contributed by atoms with Gasteiger partial charge in [-0.15, -0.1) is 12.4 Å². The number of fused-ring (bicyclic) bond motifs is 1. The van der Waals surface area contributed by atoms with E-state index in [4.69, 9.17) is 5.73 Å². The molecule has 0 bridgehead atoms. The molecule has 0 saturated carbocycles. The summed E-state index contributed by atoms with van der Waals surface area (Å²) in [5.74, 6) is -0.673. The quantitative estimate of drug-likeness (QED) is 0.655. The van der Waals surface area contributed by atoms with Crippen LogP contribution in [0.4, 0.5) is 4.39 Å². The first-order valence-electron chi connectivity index (χ1n) is 9.01. The van der Waals surface area contributed by atoms with Gasteiger partial charge in [-0.1, -0.05) is 23.8 Å². The summed E-state index contributed by atoms with van der Waals surface area (Å²) in [4.78, 5) is 16.2. The first-order valence-corrected chi connectivity index (χ1v) is 9.01. The first-order chi connectivity index (χ1) is 13.1. The van der Waals surface area contributed by atoms with E-state index in [2.05, 4.69) is 20.9 Å². The molecule has 4 rings (SSSR count). The number of nitrogens with one attached hydrogen (secondary N) is 1. The molecule has 0 radical (unpaired) electrons. The highest BCUT2D eigenvalue weighted by molar-refractivity contribution is 5.98. The zero-order chi connectivity index (χ0) is 19.0. The van der Waals surface area contributed by atoms with Crippen molar-refractivity contribution in [3.05, 3.63) is 65.9 Å². The van der Waals surface area contributed by atoms with Gasteiger partial charge in [0.25, 0.3) is 5.91 Å². The molecule has 1 aliphatic heterocycles. The molecule has 5 nitrogen and oxygen atoms in total. The van der Waals surface area contributed by atoms with Crippen molar-refractivity contribution in [3.8, 4) is 22.4 Å². The monoisotopic (exact) mass is 400 g/mol. The van der Waals surface area contributed by atoms with Crippen LogP contribution >= 0.6 is 12.4 Å². The zero-order valence-electron chi connectivity index (χ0n) is 15.5. The van der Waals surface area contributed by atoms with Crippen LogP contribution in [0, 0.1) is 12.9 Å². The zero-order valence-corrected chi connectivity index (χ0v) is 16.3. The third-order valence-electron chi connectivity index (χ3n) is 4.96. The number of pyridine rings is 1.